The summed E-state index contributed by atoms with van der Waals surface area (Å²) < 4.78 is 10.4. The van der Waals surface area contributed by atoms with Crippen LogP contribution in [0.3, 0.4) is 0 Å². The van der Waals surface area contributed by atoms with Crippen molar-refractivity contribution in [1.29, 1.82) is 0 Å². The largest absolute Gasteiger partial charge is 0.497 e. The highest BCUT2D eigenvalue weighted by molar-refractivity contribution is 5.89. The molecule has 0 bridgehead atoms. The number of carboxylic acids is 1. The van der Waals surface area contributed by atoms with Gasteiger partial charge in [-0.3, -0.25) is 0 Å². The molecule has 6 heteroatoms. The second-order valence-electron chi connectivity index (χ2n) is 3.32. The van der Waals surface area contributed by atoms with Gasteiger partial charge in [0.05, 0.1) is 7.11 Å². The van der Waals surface area contributed by atoms with E-state index in [1.54, 1.807) is 31.4 Å². The zero-order valence-electron chi connectivity index (χ0n) is 9.53. The summed E-state index contributed by atoms with van der Waals surface area (Å²) in [5.41, 5.74) is -0.0895. The molecule has 6 nitrogen and oxygen atoms in total. The van der Waals surface area contributed by atoms with Crippen LogP contribution in [0.25, 0.3) is 0 Å². The van der Waals surface area contributed by atoms with E-state index < -0.39 is 5.97 Å². The lowest BCUT2D eigenvalue weighted by Crippen LogP contribution is -2.02. The Balaban J connectivity index is 2.25. The lowest BCUT2D eigenvalue weighted by atomic mass is 10.3. The van der Waals surface area contributed by atoms with E-state index in [4.69, 9.17) is 14.6 Å². The molecule has 1 heterocycles. The van der Waals surface area contributed by atoms with Gasteiger partial charge in [0, 0.05) is 6.20 Å². The molecule has 0 saturated carbocycles. The molecule has 92 valence electrons. The number of hydrogen-bond donors (Lipinski definition) is 1. The van der Waals surface area contributed by atoms with Gasteiger partial charge < -0.3 is 14.6 Å². The Morgan fingerprint density at radius 2 is 1.89 bits per heavy atom. The van der Waals surface area contributed by atoms with Crippen LogP contribution in [0.5, 0.6) is 17.4 Å². The number of aromatic carboxylic acids is 1. The number of nitrogens with zero attached hydrogens (tertiary/aromatic N) is 2. The standard InChI is InChI=1S/C12H10N2O4/c1-17-8-2-4-9(5-3-8)18-11-10(12(15)16)6-13-7-14-11/h2-7H,1H3,(H,15,16). The highest BCUT2D eigenvalue weighted by atomic mass is 16.5. The molecule has 0 aliphatic heterocycles. The maximum Gasteiger partial charge on any atom is 0.342 e. The predicted molar refractivity (Wildman–Crippen MR) is 62.1 cm³/mol. The van der Waals surface area contributed by atoms with Crippen molar-refractivity contribution in [3.63, 3.8) is 0 Å². The fourth-order valence-corrected chi connectivity index (χ4v) is 1.30. The van der Waals surface area contributed by atoms with Gasteiger partial charge >= 0.3 is 5.97 Å². The molecule has 0 atom stereocenters. The van der Waals surface area contributed by atoms with E-state index in [2.05, 4.69) is 9.97 Å². The van der Waals surface area contributed by atoms with Gasteiger partial charge in [0.1, 0.15) is 23.4 Å². The summed E-state index contributed by atoms with van der Waals surface area (Å²) in [5, 5.41) is 8.95. The van der Waals surface area contributed by atoms with Gasteiger partial charge in [-0.2, -0.15) is 0 Å². The normalized spacial score (nSPS) is 9.83. The van der Waals surface area contributed by atoms with E-state index in [9.17, 15) is 4.79 Å². The topological polar surface area (TPSA) is 81.5 Å². The van der Waals surface area contributed by atoms with Gasteiger partial charge in [0.2, 0.25) is 5.88 Å². The van der Waals surface area contributed by atoms with Crippen molar-refractivity contribution >= 4 is 5.97 Å². The van der Waals surface area contributed by atoms with Crippen LogP contribution in [-0.4, -0.2) is 28.2 Å². The molecule has 0 amide bonds. The van der Waals surface area contributed by atoms with Crippen molar-refractivity contribution in [2.75, 3.05) is 7.11 Å². The van der Waals surface area contributed by atoms with Gasteiger partial charge in [-0.1, -0.05) is 0 Å². The first-order valence-electron chi connectivity index (χ1n) is 5.06. The number of hydrogen-bond acceptors (Lipinski definition) is 5. The Labute approximate surface area is 103 Å². The maximum absolute atomic E-state index is 10.9. The Morgan fingerprint density at radius 1 is 1.22 bits per heavy atom. The number of methoxy groups -OCH3 is 1. The van der Waals surface area contributed by atoms with Crippen LogP contribution in [0.15, 0.2) is 36.8 Å². The number of rotatable bonds is 4. The van der Waals surface area contributed by atoms with Gasteiger partial charge in [-0.05, 0) is 24.3 Å². The predicted octanol–water partition coefficient (Wildman–Crippen LogP) is 1.98. The van der Waals surface area contributed by atoms with Crippen LogP contribution < -0.4 is 9.47 Å². The van der Waals surface area contributed by atoms with Crippen molar-refractivity contribution in [3.8, 4) is 17.4 Å². The number of carboxylic acid groups (broad SMARTS) is 1. The number of carbonyl (C=O) groups is 1. The summed E-state index contributed by atoms with van der Waals surface area (Å²) in [5.74, 6) is 0.0160. The van der Waals surface area contributed by atoms with Gasteiger partial charge in [-0.25, -0.2) is 14.8 Å². The first-order valence-corrected chi connectivity index (χ1v) is 5.06. The van der Waals surface area contributed by atoms with Crippen LogP contribution in [0.1, 0.15) is 10.4 Å². The minimum absolute atomic E-state index is 0.00247. The highest BCUT2D eigenvalue weighted by Crippen LogP contribution is 2.24. The zero-order valence-corrected chi connectivity index (χ0v) is 9.53. The van der Waals surface area contributed by atoms with Crippen molar-refractivity contribution < 1.29 is 19.4 Å². The molecule has 0 radical (unpaired) electrons. The van der Waals surface area contributed by atoms with E-state index >= 15 is 0 Å². The second kappa shape index (κ2) is 5.13. The molecule has 1 aromatic heterocycles. The molecular formula is C12H10N2O4. The molecule has 0 saturated heterocycles. The van der Waals surface area contributed by atoms with Gasteiger partial charge in [0.15, 0.2) is 0 Å². The summed E-state index contributed by atoms with van der Waals surface area (Å²) in [6.45, 7) is 0. The molecule has 0 unspecified atom stereocenters. The average molecular weight is 246 g/mol. The molecule has 2 aromatic rings. The van der Waals surface area contributed by atoms with E-state index in [0.29, 0.717) is 11.5 Å². The Bertz CT molecular complexity index is 554. The summed E-state index contributed by atoms with van der Waals surface area (Å²) in [7, 11) is 1.56. The van der Waals surface area contributed by atoms with E-state index in [1.165, 1.54) is 12.5 Å². The van der Waals surface area contributed by atoms with Crippen LogP contribution in [0.2, 0.25) is 0 Å². The van der Waals surface area contributed by atoms with Crippen molar-refractivity contribution in [1.82, 2.24) is 9.97 Å². The first kappa shape index (κ1) is 11.8. The van der Waals surface area contributed by atoms with Crippen molar-refractivity contribution in [2.45, 2.75) is 0 Å². The third kappa shape index (κ3) is 2.54. The summed E-state index contributed by atoms with van der Waals surface area (Å²) in [4.78, 5) is 18.4. The quantitative estimate of drug-likeness (QED) is 0.888. The van der Waals surface area contributed by atoms with E-state index in [0.717, 1.165) is 0 Å². The minimum Gasteiger partial charge on any atom is -0.497 e. The smallest absolute Gasteiger partial charge is 0.342 e. The SMILES string of the molecule is COc1ccc(Oc2ncncc2C(=O)O)cc1. The van der Waals surface area contributed by atoms with Crippen LogP contribution in [0.4, 0.5) is 0 Å². The van der Waals surface area contributed by atoms with E-state index in [-0.39, 0.29) is 11.4 Å². The first-order chi connectivity index (χ1) is 8.70. The van der Waals surface area contributed by atoms with Crippen LogP contribution in [0, 0.1) is 0 Å². The molecule has 1 N–H and O–H groups in total. The molecular weight excluding hydrogens is 236 g/mol. The average Bonchev–Trinajstić information content (AvgIpc) is 2.40. The fraction of sp³-hybridized carbons (Fsp3) is 0.0833. The molecule has 0 spiro atoms. The number of ether oxygens (including phenoxy) is 2. The number of benzene rings is 1. The monoisotopic (exact) mass is 246 g/mol. The lowest BCUT2D eigenvalue weighted by Gasteiger charge is -2.07. The van der Waals surface area contributed by atoms with Gasteiger partial charge in [0.25, 0.3) is 0 Å². The minimum atomic E-state index is -1.14. The third-order valence-electron chi connectivity index (χ3n) is 2.18. The van der Waals surface area contributed by atoms with Crippen molar-refractivity contribution in [3.05, 3.63) is 42.4 Å². The van der Waals surface area contributed by atoms with Crippen LogP contribution in [-0.2, 0) is 0 Å². The Morgan fingerprint density at radius 3 is 2.50 bits per heavy atom. The molecule has 1 aromatic carbocycles. The van der Waals surface area contributed by atoms with Crippen LogP contribution >= 0.6 is 0 Å². The molecule has 18 heavy (non-hydrogen) atoms. The zero-order chi connectivity index (χ0) is 13.0. The molecule has 2 rings (SSSR count). The molecule has 0 aliphatic rings. The third-order valence-corrected chi connectivity index (χ3v) is 2.18. The number of aromatic nitrogens is 2. The van der Waals surface area contributed by atoms with Crippen molar-refractivity contribution in [2.24, 2.45) is 0 Å². The summed E-state index contributed by atoms with van der Waals surface area (Å²) in [6.07, 6.45) is 2.42. The molecule has 0 aliphatic carbocycles. The fourth-order valence-electron chi connectivity index (χ4n) is 1.30. The Hall–Kier alpha value is -2.63. The molecule has 0 fully saturated rings. The van der Waals surface area contributed by atoms with Gasteiger partial charge in [-0.15, -0.1) is 0 Å². The lowest BCUT2D eigenvalue weighted by molar-refractivity contribution is 0.0693. The second-order valence-corrected chi connectivity index (χ2v) is 3.32. The Kier molecular flexibility index (Phi) is 3.38. The maximum atomic E-state index is 10.9. The summed E-state index contributed by atoms with van der Waals surface area (Å²) >= 11 is 0. The van der Waals surface area contributed by atoms with E-state index in [1.807, 2.05) is 0 Å². The highest BCUT2D eigenvalue weighted by Gasteiger charge is 2.13. The summed E-state index contributed by atoms with van der Waals surface area (Å²) in [6, 6.07) is 6.73.